The summed E-state index contributed by atoms with van der Waals surface area (Å²) in [4.78, 5) is 18.5. The smallest absolute Gasteiger partial charge is 0.242 e. The molecule has 1 amide bonds. The first-order valence-corrected chi connectivity index (χ1v) is 7.05. The van der Waals surface area contributed by atoms with Crippen molar-refractivity contribution < 1.29 is 9.53 Å². The fourth-order valence-electron chi connectivity index (χ4n) is 2.50. The molecule has 1 unspecified atom stereocenters. The average Bonchev–Trinajstić information content (AvgIpc) is 2.49. The van der Waals surface area contributed by atoms with E-state index in [9.17, 15) is 4.79 Å². The minimum atomic E-state index is -0.167. The lowest BCUT2D eigenvalue weighted by Gasteiger charge is -2.35. The Hall–Kier alpha value is -1.98. The van der Waals surface area contributed by atoms with E-state index in [0.717, 1.165) is 31.6 Å². The molecule has 1 aliphatic heterocycles. The van der Waals surface area contributed by atoms with Crippen molar-refractivity contribution in [1.82, 2.24) is 10.3 Å². The van der Waals surface area contributed by atoms with E-state index in [1.807, 2.05) is 17.9 Å². The number of piperidine rings is 1. The zero-order valence-electron chi connectivity index (χ0n) is 12.1. The number of nitrogens with one attached hydrogen (secondary N) is 1. The van der Waals surface area contributed by atoms with E-state index in [1.165, 1.54) is 0 Å². The second-order valence-electron chi connectivity index (χ2n) is 4.82. The number of hydrogen-bond acceptors (Lipinski definition) is 5. The number of nitrogens with two attached hydrogens (primary N) is 1. The molecular formula is C14H22N4O2. The number of carbonyl (C=O) groups is 1. The van der Waals surface area contributed by atoms with Crippen molar-refractivity contribution in [2.45, 2.75) is 32.2 Å². The van der Waals surface area contributed by atoms with Crippen LogP contribution in [0.1, 0.15) is 26.2 Å². The summed E-state index contributed by atoms with van der Waals surface area (Å²) in [5.74, 6) is 1.21. The SMILES string of the molecule is CCOc1nc(N2CCCCC2C(=O)NC)ccc1N. The van der Waals surface area contributed by atoms with Crippen LogP contribution in [0.4, 0.5) is 11.5 Å². The molecule has 0 bridgehead atoms. The minimum Gasteiger partial charge on any atom is -0.476 e. The van der Waals surface area contributed by atoms with Crippen molar-refractivity contribution >= 4 is 17.4 Å². The number of nitrogen functional groups attached to an aromatic ring is 1. The summed E-state index contributed by atoms with van der Waals surface area (Å²) in [6, 6.07) is 3.46. The summed E-state index contributed by atoms with van der Waals surface area (Å²) in [6.07, 6.45) is 2.96. The Morgan fingerprint density at radius 2 is 2.35 bits per heavy atom. The number of anilines is 2. The lowest BCUT2D eigenvalue weighted by Crippen LogP contribution is -2.49. The topological polar surface area (TPSA) is 80.5 Å². The van der Waals surface area contributed by atoms with Crippen LogP contribution in [0.3, 0.4) is 0 Å². The molecule has 1 atom stereocenters. The minimum absolute atomic E-state index is 0.0290. The number of nitrogens with zero attached hydrogens (tertiary/aromatic N) is 2. The van der Waals surface area contributed by atoms with E-state index >= 15 is 0 Å². The van der Waals surface area contributed by atoms with Gasteiger partial charge in [0.2, 0.25) is 11.8 Å². The van der Waals surface area contributed by atoms with E-state index in [0.29, 0.717) is 18.2 Å². The van der Waals surface area contributed by atoms with E-state index in [4.69, 9.17) is 10.5 Å². The molecule has 0 aliphatic carbocycles. The number of aromatic nitrogens is 1. The third-order valence-electron chi connectivity index (χ3n) is 3.50. The number of pyridine rings is 1. The van der Waals surface area contributed by atoms with Gasteiger partial charge < -0.3 is 20.7 Å². The molecule has 1 aliphatic rings. The highest BCUT2D eigenvalue weighted by molar-refractivity contribution is 5.85. The first-order valence-electron chi connectivity index (χ1n) is 7.05. The zero-order chi connectivity index (χ0) is 14.5. The third kappa shape index (κ3) is 2.95. The molecule has 3 N–H and O–H groups in total. The maximum absolute atomic E-state index is 12.0. The Morgan fingerprint density at radius 3 is 3.05 bits per heavy atom. The van der Waals surface area contributed by atoms with Gasteiger partial charge in [0.1, 0.15) is 11.9 Å². The summed E-state index contributed by atoms with van der Waals surface area (Å²) in [5, 5.41) is 2.72. The maximum Gasteiger partial charge on any atom is 0.242 e. The van der Waals surface area contributed by atoms with E-state index < -0.39 is 0 Å². The number of likely N-dealkylation sites (N-methyl/N-ethyl adjacent to an activating group) is 1. The molecule has 2 heterocycles. The zero-order valence-corrected chi connectivity index (χ0v) is 12.1. The number of carbonyl (C=O) groups excluding carboxylic acids is 1. The largest absolute Gasteiger partial charge is 0.476 e. The van der Waals surface area contributed by atoms with Crippen LogP contribution in [0.2, 0.25) is 0 Å². The molecule has 0 aromatic carbocycles. The summed E-state index contributed by atoms with van der Waals surface area (Å²) in [5.41, 5.74) is 6.36. The summed E-state index contributed by atoms with van der Waals surface area (Å²) < 4.78 is 5.43. The lowest BCUT2D eigenvalue weighted by atomic mass is 10.0. The quantitative estimate of drug-likeness (QED) is 0.864. The Morgan fingerprint density at radius 1 is 1.55 bits per heavy atom. The van der Waals surface area contributed by atoms with Crippen LogP contribution in [0.25, 0.3) is 0 Å². The highest BCUT2D eigenvalue weighted by Crippen LogP contribution is 2.28. The van der Waals surface area contributed by atoms with Gasteiger partial charge in [0.25, 0.3) is 0 Å². The Balaban J connectivity index is 2.27. The van der Waals surface area contributed by atoms with Crippen molar-refractivity contribution in [3.63, 3.8) is 0 Å². The number of amides is 1. The summed E-state index contributed by atoms with van der Waals surface area (Å²) in [7, 11) is 1.66. The highest BCUT2D eigenvalue weighted by atomic mass is 16.5. The van der Waals surface area contributed by atoms with Gasteiger partial charge in [0.05, 0.1) is 12.3 Å². The van der Waals surface area contributed by atoms with Crippen molar-refractivity contribution in [1.29, 1.82) is 0 Å². The van der Waals surface area contributed by atoms with Crippen LogP contribution < -0.4 is 20.7 Å². The van der Waals surface area contributed by atoms with Gasteiger partial charge in [-0.25, -0.2) is 0 Å². The first-order chi connectivity index (χ1) is 9.67. The van der Waals surface area contributed by atoms with Crippen LogP contribution >= 0.6 is 0 Å². The van der Waals surface area contributed by atoms with Crippen LogP contribution in [0.15, 0.2) is 12.1 Å². The predicted molar refractivity (Wildman–Crippen MR) is 78.9 cm³/mol. The molecule has 1 aromatic heterocycles. The van der Waals surface area contributed by atoms with Gasteiger partial charge in [0, 0.05) is 13.6 Å². The molecule has 1 saturated heterocycles. The predicted octanol–water partition coefficient (Wildman–Crippen LogP) is 1.17. The molecule has 6 heteroatoms. The van der Waals surface area contributed by atoms with Crippen molar-refractivity contribution in [3.05, 3.63) is 12.1 Å². The van der Waals surface area contributed by atoms with Gasteiger partial charge in [0.15, 0.2) is 0 Å². The molecule has 20 heavy (non-hydrogen) atoms. The molecule has 1 aromatic rings. The summed E-state index contributed by atoms with van der Waals surface area (Å²) in [6.45, 7) is 3.22. The van der Waals surface area contributed by atoms with Crippen LogP contribution in [0.5, 0.6) is 5.88 Å². The number of rotatable bonds is 4. The fraction of sp³-hybridized carbons (Fsp3) is 0.571. The van der Waals surface area contributed by atoms with Crippen LogP contribution in [0, 0.1) is 0 Å². The molecule has 0 radical (unpaired) electrons. The highest BCUT2D eigenvalue weighted by Gasteiger charge is 2.29. The van der Waals surface area contributed by atoms with Gasteiger partial charge in [-0.05, 0) is 38.3 Å². The second-order valence-corrected chi connectivity index (χ2v) is 4.82. The van der Waals surface area contributed by atoms with E-state index in [1.54, 1.807) is 13.1 Å². The van der Waals surface area contributed by atoms with Gasteiger partial charge >= 0.3 is 0 Å². The van der Waals surface area contributed by atoms with E-state index in [-0.39, 0.29) is 11.9 Å². The molecule has 6 nitrogen and oxygen atoms in total. The normalized spacial score (nSPS) is 18.7. The van der Waals surface area contributed by atoms with Gasteiger partial charge in [-0.2, -0.15) is 4.98 Å². The summed E-state index contributed by atoms with van der Waals surface area (Å²) >= 11 is 0. The Kier molecular flexibility index (Phi) is 4.65. The maximum atomic E-state index is 12.0. The Labute approximate surface area is 119 Å². The Bertz CT molecular complexity index is 478. The number of hydrogen-bond donors (Lipinski definition) is 2. The van der Waals surface area contributed by atoms with E-state index in [2.05, 4.69) is 10.3 Å². The second kappa shape index (κ2) is 6.45. The molecule has 1 fully saturated rings. The van der Waals surface area contributed by atoms with Crippen molar-refractivity contribution in [2.75, 3.05) is 30.8 Å². The van der Waals surface area contributed by atoms with Crippen LogP contribution in [-0.4, -0.2) is 37.1 Å². The standard InChI is InChI=1S/C14H22N4O2/c1-3-20-14-10(15)7-8-12(17-14)18-9-5-4-6-11(18)13(19)16-2/h7-8,11H,3-6,9,15H2,1-2H3,(H,16,19). The van der Waals surface area contributed by atoms with Crippen LogP contribution in [-0.2, 0) is 4.79 Å². The first kappa shape index (κ1) is 14.4. The molecule has 110 valence electrons. The van der Waals surface area contributed by atoms with Gasteiger partial charge in [-0.1, -0.05) is 0 Å². The average molecular weight is 278 g/mol. The third-order valence-corrected chi connectivity index (χ3v) is 3.50. The van der Waals surface area contributed by atoms with Crippen molar-refractivity contribution in [2.24, 2.45) is 0 Å². The van der Waals surface area contributed by atoms with Crippen molar-refractivity contribution in [3.8, 4) is 5.88 Å². The molecule has 0 saturated carbocycles. The molecular weight excluding hydrogens is 256 g/mol. The molecule has 2 rings (SSSR count). The monoisotopic (exact) mass is 278 g/mol. The lowest BCUT2D eigenvalue weighted by molar-refractivity contribution is -0.122. The van der Waals surface area contributed by atoms with Gasteiger partial charge in [-0.3, -0.25) is 4.79 Å². The number of ether oxygens (including phenoxy) is 1. The fourth-order valence-corrected chi connectivity index (χ4v) is 2.50. The van der Waals surface area contributed by atoms with Gasteiger partial charge in [-0.15, -0.1) is 0 Å². The molecule has 0 spiro atoms.